The van der Waals surface area contributed by atoms with Crippen LogP contribution in [0.2, 0.25) is 0 Å². The Balaban J connectivity index is 2.02. The lowest BCUT2D eigenvalue weighted by Gasteiger charge is -2.29. The van der Waals surface area contributed by atoms with E-state index in [4.69, 9.17) is 0 Å². The van der Waals surface area contributed by atoms with Crippen molar-refractivity contribution in [2.24, 2.45) is 0 Å². The normalized spacial score (nSPS) is 26.8. The van der Waals surface area contributed by atoms with Gasteiger partial charge in [-0.3, -0.25) is 0 Å². The van der Waals surface area contributed by atoms with Crippen molar-refractivity contribution < 1.29 is 0 Å². The molecule has 0 unspecified atom stereocenters. The fraction of sp³-hybridized carbons (Fsp3) is 1.00. The third-order valence-corrected chi connectivity index (χ3v) is 3.37. The highest BCUT2D eigenvalue weighted by Crippen LogP contribution is 2.18. The molecular weight excluding hydrogens is 184 g/mol. The average Bonchev–Trinajstić information content (AvgIpc) is 2.28. The van der Waals surface area contributed by atoms with E-state index >= 15 is 0 Å². The van der Waals surface area contributed by atoms with Gasteiger partial charge in [-0.15, -0.1) is 0 Å². The Kier molecular flexibility index (Phi) is 7.03. The summed E-state index contributed by atoms with van der Waals surface area (Å²) in [4.78, 5) is 0. The van der Waals surface area contributed by atoms with Crippen LogP contribution in [0.3, 0.4) is 0 Å². The van der Waals surface area contributed by atoms with E-state index in [1.54, 1.807) is 0 Å². The van der Waals surface area contributed by atoms with Crippen LogP contribution in [0.15, 0.2) is 0 Å². The molecule has 15 heavy (non-hydrogen) atoms. The molecule has 0 heterocycles. The van der Waals surface area contributed by atoms with Crippen molar-refractivity contribution >= 4 is 0 Å². The van der Waals surface area contributed by atoms with E-state index < -0.39 is 0 Å². The van der Waals surface area contributed by atoms with Crippen LogP contribution in [0.25, 0.3) is 0 Å². The molecule has 2 N–H and O–H groups in total. The van der Waals surface area contributed by atoms with Crippen molar-refractivity contribution in [3.8, 4) is 0 Å². The molecule has 0 aromatic heterocycles. The van der Waals surface area contributed by atoms with Crippen molar-refractivity contribution in [3.05, 3.63) is 0 Å². The van der Waals surface area contributed by atoms with Gasteiger partial charge in [0, 0.05) is 12.1 Å². The highest BCUT2D eigenvalue weighted by molar-refractivity contribution is 4.80. The molecule has 1 saturated carbocycles. The van der Waals surface area contributed by atoms with Gasteiger partial charge in [0.05, 0.1) is 0 Å². The van der Waals surface area contributed by atoms with Gasteiger partial charge in [0.1, 0.15) is 0 Å². The minimum atomic E-state index is 0.800. The largest absolute Gasteiger partial charge is 0.314 e. The lowest BCUT2D eigenvalue weighted by molar-refractivity contribution is 0.307. The number of rotatable bonds is 7. The summed E-state index contributed by atoms with van der Waals surface area (Å²) in [6.07, 6.45) is 9.35. The lowest BCUT2D eigenvalue weighted by Crippen LogP contribution is -2.40. The predicted octanol–water partition coefficient (Wildman–Crippen LogP) is 2.69. The van der Waals surface area contributed by atoms with Crippen LogP contribution in [0.5, 0.6) is 0 Å². The number of hydrogen-bond donors (Lipinski definition) is 2. The van der Waals surface area contributed by atoms with Crippen LogP contribution in [0.4, 0.5) is 0 Å². The van der Waals surface area contributed by atoms with Gasteiger partial charge in [-0.05, 0) is 51.6 Å². The second-order valence-electron chi connectivity index (χ2n) is 4.81. The molecule has 2 heteroatoms. The van der Waals surface area contributed by atoms with Gasteiger partial charge < -0.3 is 10.6 Å². The molecule has 0 saturated heterocycles. The lowest BCUT2D eigenvalue weighted by atomic mass is 9.91. The fourth-order valence-electron chi connectivity index (χ4n) is 2.33. The van der Waals surface area contributed by atoms with E-state index in [1.165, 1.54) is 58.0 Å². The van der Waals surface area contributed by atoms with Gasteiger partial charge in [-0.1, -0.05) is 20.3 Å². The Bertz CT molecular complexity index is 139. The maximum absolute atomic E-state index is 3.67. The first kappa shape index (κ1) is 13.0. The van der Waals surface area contributed by atoms with Gasteiger partial charge in [0.2, 0.25) is 0 Å². The number of nitrogens with one attached hydrogen (secondary N) is 2. The molecule has 0 aliphatic heterocycles. The second kappa shape index (κ2) is 8.12. The molecule has 1 aliphatic rings. The van der Waals surface area contributed by atoms with Gasteiger partial charge >= 0.3 is 0 Å². The first-order valence-electron chi connectivity index (χ1n) is 6.83. The molecular formula is C13H28N2. The highest BCUT2D eigenvalue weighted by atomic mass is 14.9. The van der Waals surface area contributed by atoms with Gasteiger partial charge in [0.25, 0.3) is 0 Å². The predicted molar refractivity (Wildman–Crippen MR) is 67.2 cm³/mol. The Hall–Kier alpha value is -0.0800. The molecule has 0 spiro atoms. The Morgan fingerprint density at radius 1 is 0.800 bits per heavy atom. The van der Waals surface area contributed by atoms with Gasteiger partial charge in [-0.2, -0.15) is 0 Å². The summed E-state index contributed by atoms with van der Waals surface area (Å²) in [5, 5.41) is 7.30. The molecule has 1 aliphatic carbocycles. The van der Waals surface area contributed by atoms with Crippen molar-refractivity contribution in [1.29, 1.82) is 0 Å². The van der Waals surface area contributed by atoms with E-state index in [9.17, 15) is 0 Å². The molecule has 0 amide bonds. The Labute approximate surface area is 95.2 Å². The average molecular weight is 212 g/mol. The zero-order chi connectivity index (χ0) is 10.9. The minimum Gasteiger partial charge on any atom is -0.314 e. The Morgan fingerprint density at radius 2 is 1.33 bits per heavy atom. The SMILES string of the molecule is CCCCNC1CCC(NCCC)CC1. The van der Waals surface area contributed by atoms with Crippen LogP contribution < -0.4 is 10.6 Å². The molecule has 0 radical (unpaired) electrons. The topological polar surface area (TPSA) is 24.1 Å². The van der Waals surface area contributed by atoms with Crippen LogP contribution in [-0.4, -0.2) is 25.2 Å². The third-order valence-electron chi connectivity index (χ3n) is 3.37. The summed E-state index contributed by atoms with van der Waals surface area (Å²) in [5.41, 5.74) is 0. The van der Waals surface area contributed by atoms with E-state index in [2.05, 4.69) is 24.5 Å². The zero-order valence-electron chi connectivity index (χ0n) is 10.5. The molecule has 90 valence electrons. The first-order chi connectivity index (χ1) is 7.36. The number of hydrogen-bond acceptors (Lipinski definition) is 2. The molecule has 1 rings (SSSR count). The van der Waals surface area contributed by atoms with Crippen LogP contribution in [0, 0.1) is 0 Å². The summed E-state index contributed by atoms with van der Waals surface area (Å²) < 4.78 is 0. The van der Waals surface area contributed by atoms with E-state index in [1.807, 2.05) is 0 Å². The smallest absolute Gasteiger partial charge is 0.00682 e. The Morgan fingerprint density at radius 3 is 1.80 bits per heavy atom. The quantitative estimate of drug-likeness (QED) is 0.634. The van der Waals surface area contributed by atoms with Crippen molar-refractivity contribution in [3.63, 3.8) is 0 Å². The second-order valence-corrected chi connectivity index (χ2v) is 4.81. The maximum Gasteiger partial charge on any atom is 0.00682 e. The summed E-state index contributed by atoms with van der Waals surface area (Å²) >= 11 is 0. The monoisotopic (exact) mass is 212 g/mol. The molecule has 2 nitrogen and oxygen atoms in total. The summed E-state index contributed by atoms with van der Waals surface area (Å²) in [6.45, 7) is 6.91. The van der Waals surface area contributed by atoms with Crippen LogP contribution >= 0.6 is 0 Å². The van der Waals surface area contributed by atoms with E-state index in [0.717, 1.165) is 12.1 Å². The van der Waals surface area contributed by atoms with E-state index in [0.29, 0.717) is 0 Å². The molecule has 0 atom stereocenters. The van der Waals surface area contributed by atoms with E-state index in [-0.39, 0.29) is 0 Å². The molecule has 0 aromatic rings. The zero-order valence-corrected chi connectivity index (χ0v) is 10.5. The first-order valence-corrected chi connectivity index (χ1v) is 6.83. The summed E-state index contributed by atoms with van der Waals surface area (Å²) in [5.74, 6) is 0. The highest BCUT2D eigenvalue weighted by Gasteiger charge is 2.19. The summed E-state index contributed by atoms with van der Waals surface area (Å²) in [7, 11) is 0. The maximum atomic E-state index is 3.67. The molecule has 0 bridgehead atoms. The number of unbranched alkanes of at least 4 members (excludes halogenated alkanes) is 1. The van der Waals surface area contributed by atoms with Gasteiger partial charge in [0.15, 0.2) is 0 Å². The molecule has 0 aromatic carbocycles. The fourth-order valence-corrected chi connectivity index (χ4v) is 2.33. The van der Waals surface area contributed by atoms with Gasteiger partial charge in [-0.25, -0.2) is 0 Å². The van der Waals surface area contributed by atoms with Crippen LogP contribution in [0.1, 0.15) is 58.8 Å². The minimum absolute atomic E-state index is 0.800. The van der Waals surface area contributed by atoms with Crippen molar-refractivity contribution in [1.82, 2.24) is 10.6 Å². The third kappa shape index (κ3) is 5.53. The summed E-state index contributed by atoms with van der Waals surface area (Å²) in [6, 6.07) is 1.60. The van der Waals surface area contributed by atoms with Crippen LogP contribution in [-0.2, 0) is 0 Å². The van der Waals surface area contributed by atoms with Crippen molar-refractivity contribution in [2.75, 3.05) is 13.1 Å². The molecule has 1 fully saturated rings. The standard InChI is InChI=1S/C13H28N2/c1-3-5-11-15-13-8-6-12(7-9-13)14-10-4-2/h12-15H,3-11H2,1-2H3. The van der Waals surface area contributed by atoms with Crippen molar-refractivity contribution in [2.45, 2.75) is 70.9 Å².